The summed E-state index contributed by atoms with van der Waals surface area (Å²) < 4.78 is 0. The molecule has 0 aliphatic heterocycles. The topological polar surface area (TPSA) is 41.1 Å². The maximum Gasteiger partial charge on any atom is 0.319 e. The van der Waals surface area contributed by atoms with E-state index in [9.17, 15) is 4.79 Å². The van der Waals surface area contributed by atoms with Gasteiger partial charge in [-0.15, -0.1) is 0 Å². The molecule has 0 heterocycles. The summed E-state index contributed by atoms with van der Waals surface area (Å²) in [5, 5.41) is 6.10. The molecule has 0 fully saturated rings. The van der Waals surface area contributed by atoms with Crippen LogP contribution in [0.3, 0.4) is 0 Å². The standard InChI is InChI=1S/C23H24N2O/c1-18-10-8-9-15-22(18)25-23(26)24-21(16-19-11-4-2-5-12-19)17-20-13-6-3-7-14-20/h2-15,21H,16-17H2,1H3,(H2,24,25,26). The molecule has 0 aliphatic carbocycles. The molecular formula is C23H24N2O. The zero-order chi connectivity index (χ0) is 18.2. The summed E-state index contributed by atoms with van der Waals surface area (Å²) in [7, 11) is 0. The first kappa shape index (κ1) is 17.7. The van der Waals surface area contributed by atoms with Gasteiger partial charge in [0, 0.05) is 11.7 Å². The van der Waals surface area contributed by atoms with Crippen molar-refractivity contribution in [1.82, 2.24) is 5.32 Å². The number of amides is 2. The van der Waals surface area contributed by atoms with Crippen LogP contribution in [0.5, 0.6) is 0 Å². The first-order valence-corrected chi connectivity index (χ1v) is 8.92. The molecule has 0 saturated carbocycles. The van der Waals surface area contributed by atoms with E-state index in [1.807, 2.05) is 67.6 Å². The first-order valence-electron chi connectivity index (χ1n) is 8.92. The van der Waals surface area contributed by atoms with E-state index in [1.165, 1.54) is 11.1 Å². The lowest BCUT2D eigenvalue weighted by atomic mass is 9.99. The van der Waals surface area contributed by atoms with Crippen molar-refractivity contribution in [1.29, 1.82) is 0 Å². The van der Waals surface area contributed by atoms with Crippen molar-refractivity contribution >= 4 is 11.7 Å². The third-order valence-electron chi connectivity index (χ3n) is 4.38. The largest absolute Gasteiger partial charge is 0.334 e. The lowest BCUT2D eigenvalue weighted by Crippen LogP contribution is -2.40. The third-order valence-corrected chi connectivity index (χ3v) is 4.38. The molecule has 26 heavy (non-hydrogen) atoms. The van der Waals surface area contributed by atoms with Crippen LogP contribution in [0.1, 0.15) is 16.7 Å². The second kappa shape index (κ2) is 8.86. The van der Waals surface area contributed by atoms with Crippen molar-refractivity contribution in [3.05, 3.63) is 102 Å². The van der Waals surface area contributed by atoms with Crippen LogP contribution in [0.15, 0.2) is 84.9 Å². The molecule has 3 aromatic rings. The van der Waals surface area contributed by atoms with Crippen molar-refractivity contribution in [2.75, 3.05) is 5.32 Å². The molecule has 0 aliphatic rings. The number of rotatable bonds is 6. The Hall–Kier alpha value is -3.07. The van der Waals surface area contributed by atoms with Gasteiger partial charge in [-0.3, -0.25) is 0 Å². The SMILES string of the molecule is Cc1ccccc1NC(=O)NC(Cc1ccccc1)Cc1ccccc1. The van der Waals surface area contributed by atoms with Gasteiger partial charge in [-0.2, -0.15) is 0 Å². The number of para-hydroxylation sites is 1. The Bertz CT molecular complexity index is 790. The van der Waals surface area contributed by atoms with Crippen LogP contribution < -0.4 is 10.6 Å². The molecule has 2 amide bonds. The fourth-order valence-corrected chi connectivity index (χ4v) is 3.03. The van der Waals surface area contributed by atoms with Gasteiger partial charge in [-0.05, 0) is 42.5 Å². The van der Waals surface area contributed by atoms with Gasteiger partial charge in [0.15, 0.2) is 0 Å². The minimum Gasteiger partial charge on any atom is -0.334 e. The van der Waals surface area contributed by atoms with E-state index >= 15 is 0 Å². The summed E-state index contributed by atoms with van der Waals surface area (Å²) in [6.45, 7) is 1.99. The van der Waals surface area contributed by atoms with Gasteiger partial charge >= 0.3 is 6.03 Å². The van der Waals surface area contributed by atoms with Crippen molar-refractivity contribution in [2.45, 2.75) is 25.8 Å². The number of urea groups is 1. The van der Waals surface area contributed by atoms with E-state index in [4.69, 9.17) is 0 Å². The van der Waals surface area contributed by atoms with E-state index in [0.717, 1.165) is 24.1 Å². The van der Waals surface area contributed by atoms with Gasteiger partial charge < -0.3 is 10.6 Å². The van der Waals surface area contributed by atoms with Crippen molar-refractivity contribution in [3.63, 3.8) is 0 Å². The maximum atomic E-state index is 12.5. The Morgan fingerprint density at radius 2 is 1.27 bits per heavy atom. The molecule has 3 aromatic carbocycles. The fraction of sp³-hybridized carbons (Fsp3) is 0.174. The molecule has 0 spiro atoms. The van der Waals surface area contributed by atoms with E-state index in [2.05, 4.69) is 34.9 Å². The predicted octanol–water partition coefficient (Wildman–Crippen LogP) is 4.97. The van der Waals surface area contributed by atoms with Crippen LogP contribution in [0, 0.1) is 6.92 Å². The maximum absolute atomic E-state index is 12.5. The Morgan fingerprint density at radius 3 is 1.81 bits per heavy atom. The quantitative estimate of drug-likeness (QED) is 0.651. The van der Waals surface area contributed by atoms with Gasteiger partial charge in [0.05, 0.1) is 0 Å². The van der Waals surface area contributed by atoms with Crippen LogP contribution >= 0.6 is 0 Å². The normalized spacial score (nSPS) is 10.5. The second-order valence-corrected chi connectivity index (χ2v) is 6.49. The van der Waals surface area contributed by atoms with E-state index < -0.39 is 0 Å². The van der Waals surface area contributed by atoms with Crippen LogP contribution in [-0.4, -0.2) is 12.1 Å². The number of nitrogens with one attached hydrogen (secondary N) is 2. The number of benzene rings is 3. The molecular weight excluding hydrogens is 320 g/mol. The minimum atomic E-state index is -0.170. The van der Waals surface area contributed by atoms with E-state index in [1.54, 1.807) is 0 Å². The molecule has 132 valence electrons. The number of hydrogen-bond donors (Lipinski definition) is 2. The summed E-state index contributed by atoms with van der Waals surface area (Å²) >= 11 is 0. The highest BCUT2D eigenvalue weighted by molar-refractivity contribution is 5.90. The smallest absolute Gasteiger partial charge is 0.319 e. The molecule has 0 bridgehead atoms. The van der Waals surface area contributed by atoms with Gasteiger partial charge in [-0.25, -0.2) is 4.79 Å². The number of carbonyl (C=O) groups is 1. The molecule has 0 unspecified atom stereocenters. The zero-order valence-electron chi connectivity index (χ0n) is 15.0. The van der Waals surface area contributed by atoms with E-state index in [0.29, 0.717) is 0 Å². The third kappa shape index (κ3) is 5.21. The lowest BCUT2D eigenvalue weighted by molar-refractivity contribution is 0.248. The van der Waals surface area contributed by atoms with Gasteiger partial charge in [-0.1, -0.05) is 78.9 Å². The molecule has 3 rings (SSSR count). The Balaban J connectivity index is 1.70. The monoisotopic (exact) mass is 344 g/mol. The summed E-state index contributed by atoms with van der Waals surface area (Å²) in [6, 6.07) is 28.2. The fourth-order valence-electron chi connectivity index (χ4n) is 3.03. The van der Waals surface area contributed by atoms with Gasteiger partial charge in [0.1, 0.15) is 0 Å². The molecule has 2 N–H and O–H groups in total. The molecule has 0 aromatic heterocycles. The van der Waals surface area contributed by atoms with Gasteiger partial charge in [0.25, 0.3) is 0 Å². The highest BCUT2D eigenvalue weighted by atomic mass is 16.2. The highest BCUT2D eigenvalue weighted by Crippen LogP contribution is 2.14. The number of carbonyl (C=O) groups excluding carboxylic acids is 1. The molecule has 0 atom stereocenters. The molecule has 0 radical (unpaired) electrons. The lowest BCUT2D eigenvalue weighted by Gasteiger charge is -2.20. The first-order chi connectivity index (χ1) is 12.7. The molecule has 3 nitrogen and oxygen atoms in total. The van der Waals surface area contributed by atoms with Crippen LogP contribution in [0.4, 0.5) is 10.5 Å². The van der Waals surface area contributed by atoms with E-state index in [-0.39, 0.29) is 12.1 Å². The van der Waals surface area contributed by atoms with Crippen molar-refractivity contribution in [3.8, 4) is 0 Å². The number of aryl methyl sites for hydroxylation is 1. The average molecular weight is 344 g/mol. The van der Waals surface area contributed by atoms with Gasteiger partial charge in [0.2, 0.25) is 0 Å². The second-order valence-electron chi connectivity index (χ2n) is 6.49. The van der Waals surface area contributed by atoms with Crippen LogP contribution in [0.25, 0.3) is 0 Å². The summed E-state index contributed by atoms with van der Waals surface area (Å²) in [5.41, 5.74) is 4.31. The average Bonchev–Trinajstić information content (AvgIpc) is 2.65. The molecule has 0 saturated heterocycles. The minimum absolute atomic E-state index is 0.0174. The summed E-state index contributed by atoms with van der Waals surface area (Å²) in [6.07, 6.45) is 1.58. The Kier molecular flexibility index (Phi) is 6.05. The summed E-state index contributed by atoms with van der Waals surface area (Å²) in [5.74, 6) is 0. The highest BCUT2D eigenvalue weighted by Gasteiger charge is 2.14. The Morgan fingerprint density at radius 1 is 0.769 bits per heavy atom. The van der Waals surface area contributed by atoms with Crippen LogP contribution in [0.2, 0.25) is 0 Å². The van der Waals surface area contributed by atoms with Crippen molar-refractivity contribution in [2.24, 2.45) is 0 Å². The van der Waals surface area contributed by atoms with Crippen LogP contribution in [-0.2, 0) is 12.8 Å². The number of hydrogen-bond acceptors (Lipinski definition) is 1. The Labute approximate surface area is 155 Å². The van der Waals surface area contributed by atoms with Crippen molar-refractivity contribution < 1.29 is 4.79 Å². The summed E-state index contributed by atoms with van der Waals surface area (Å²) in [4.78, 5) is 12.5. The zero-order valence-corrected chi connectivity index (χ0v) is 15.0. The predicted molar refractivity (Wildman–Crippen MR) is 107 cm³/mol. The molecule has 3 heteroatoms. The number of anilines is 1.